The third-order valence-corrected chi connectivity index (χ3v) is 4.28. The van der Waals surface area contributed by atoms with E-state index in [0.717, 1.165) is 25.2 Å². The van der Waals surface area contributed by atoms with Gasteiger partial charge in [-0.05, 0) is 51.1 Å². The molecule has 0 aromatic heterocycles. The first kappa shape index (κ1) is 35.3. The number of benzene rings is 1. The van der Waals surface area contributed by atoms with Crippen molar-refractivity contribution in [2.24, 2.45) is 5.73 Å². The topological polar surface area (TPSA) is 223 Å². The van der Waals surface area contributed by atoms with E-state index in [1.165, 1.54) is 0 Å². The SMILES string of the molecule is CCOC(=O)[C@@H](N)Cc1ccc(OCCN(CC)CC)c(OCC)c1.O=C(O)C(=O)O.O=C(O)C(=O)O. The fraction of sp³-hybridized carbons (Fsp3) is 0.522. The van der Waals surface area contributed by atoms with Gasteiger partial charge in [0.2, 0.25) is 0 Å². The van der Waals surface area contributed by atoms with Crippen molar-refractivity contribution >= 4 is 29.8 Å². The number of aliphatic carboxylic acids is 4. The molecule has 0 aliphatic heterocycles. The molecule has 0 saturated heterocycles. The van der Waals surface area contributed by atoms with Crippen LogP contribution in [0.1, 0.15) is 33.3 Å². The van der Waals surface area contributed by atoms with E-state index in [9.17, 15) is 4.79 Å². The van der Waals surface area contributed by atoms with Crippen LogP contribution in [0.25, 0.3) is 0 Å². The van der Waals surface area contributed by atoms with E-state index in [1.54, 1.807) is 6.92 Å². The predicted molar refractivity (Wildman–Crippen MR) is 130 cm³/mol. The molecule has 0 aliphatic carbocycles. The number of ether oxygens (including phenoxy) is 3. The van der Waals surface area contributed by atoms with Crippen LogP contribution < -0.4 is 15.2 Å². The molecule has 37 heavy (non-hydrogen) atoms. The molecule has 14 nitrogen and oxygen atoms in total. The fourth-order valence-corrected chi connectivity index (χ4v) is 2.48. The molecule has 0 radical (unpaired) electrons. The maximum Gasteiger partial charge on any atom is 0.414 e. The summed E-state index contributed by atoms with van der Waals surface area (Å²) in [6.45, 7) is 12.3. The van der Waals surface area contributed by atoms with Crippen LogP contribution in [0.3, 0.4) is 0 Å². The third kappa shape index (κ3) is 17.2. The standard InChI is InChI=1S/C19H32N2O4.2C2H2O4/c1-5-21(6-2)11-12-25-17-10-9-15(14-18(17)23-7-3)13-16(20)19(22)24-8-4;2*3-1(4)2(5)6/h9-10,14,16H,5-8,11-13,20H2,1-4H3;2*(H,3,4)(H,5,6)/t16-;;/m0../s1. The van der Waals surface area contributed by atoms with Crippen molar-refractivity contribution in [1.82, 2.24) is 4.90 Å². The minimum Gasteiger partial charge on any atom is -0.490 e. The van der Waals surface area contributed by atoms with E-state index in [-0.39, 0.29) is 5.97 Å². The van der Waals surface area contributed by atoms with Crippen LogP contribution in [0.5, 0.6) is 11.5 Å². The van der Waals surface area contributed by atoms with E-state index < -0.39 is 29.9 Å². The van der Waals surface area contributed by atoms with Crippen LogP contribution in [0, 0.1) is 0 Å². The Morgan fingerprint density at radius 3 is 1.73 bits per heavy atom. The van der Waals surface area contributed by atoms with Gasteiger partial charge in [0.15, 0.2) is 11.5 Å². The molecule has 0 bridgehead atoms. The average Bonchev–Trinajstić information content (AvgIpc) is 2.84. The number of hydrogen-bond acceptors (Lipinski definition) is 10. The van der Waals surface area contributed by atoms with Crippen molar-refractivity contribution in [3.8, 4) is 11.5 Å². The highest BCUT2D eigenvalue weighted by atomic mass is 16.5. The van der Waals surface area contributed by atoms with Gasteiger partial charge in [0.1, 0.15) is 12.6 Å². The number of nitrogens with zero attached hydrogens (tertiary/aromatic N) is 1. The zero-order valence-electron chi connectivity index (χ0n) is 21.3. The van der Waals surface area contributed by atoms with Gasteiger partial charge in [0.05, 0.1) is 13.2 Å². The molecule has 1 atom stereocenters. The summed E-state index contributed by atoms with van der Waals surface area (Å²) in [6, 6.07) is 4.99. The Morgan fingerprint density at radius 2 is 1.32 bits per heavy atom. The van der Waals surface area contributed by atoms with Gasteiger partial charge in [-0.25, -0.2) is 19.2 Å². The number of carbonyl (C=O) groups excluding carboxylic acids is 1. The number of esters is 1. The minimum absolute atomic E-state index is 0.329. The van der Waals surface area contributed by atoms with Crippen molar-refractivity contribution in [3.05, 3.63) is 23.8 Å². The third-order valence-electron chi connectivity index (χ3n) is 4.28. The van der Waals surface area contributed by atoms with Crippen LogP contribution in [0.15, 0.2) is 18.2 Å². The summed E-state index contributed by atoms with van der Waals surface area (Å²) in [4.78, 5) is 50.4. The number of nitrogens with two attached hydrogens (primary N) is 1. The molecule has 0 heterocycles. The van der Waals surface area contributed by atoms with E-state index in [0.29, 0.717) is 37.7 Å². The fourth-order valence-electron chi connectivity index (χ4n) is 2.48. The van der Waals surface area contributed by atoms with Crippen molar-refractivity contribution < 1.29 is 58.6 Å². The number of likely N-dealkylation sites (N-methyl/N-ethyl adjacent to an activating group) is 1. The summed E-state index contributed by atoms with van der Waals surface area (Å²) in [6.07, 6.45) is 0.401. The van der Waals surface area contributed by atoms with Crippen LogP contribution in [0.2, 0.25) is 0 Å². The van der Waals surface area contributed by atoms with Gasteiger partial charge in [0.25, 0.3) is 0 Å². The molecule has 1 aromatic rings. The molecular formula is C23H36N2O12. The van der Waals surface area contributed by atoms with Crippen molar-refractivity contribution in [2.45, 2.75) is 40.2 Å². The number of hydrogen-bond donors (Lipinski definition) is 5. The normalized spacial score (nSPS) is 10.5. The molecule has 0 saturated carbocycles. The number of carbonyl (C=O) groups is 5. The number of carboxylic acid groups (broad SMARTS) is 4. The molecule has 6 N–H and O–H groups in total. The Labute approximate surface area is 214 Å². The van der Waals surface area contributed by atoms with Crippen LogP contribution in [0.4, 0.5) is 0 Å². The second-order valence-electron chi connectivity index (χ2n) is 6.87. The molecule has 0 unspecified atom stereocenters. The molecule has 14 heteroatoms. The van der Waals surface area contributed by atoms with Crippen molar-refractivity contribution in [2.75, 3.05) is 39.5 Å². The quantitative estimate of drug-likeness (QED) is 0.183. The lowest BCUT2D eigenvalue weighted by Gasteiger charge is -2.19. The molecule has 0 fully saturated rings. The largest absolute Gasteiger partial charge is 0.490 e. The van der Waals surface area contributed by atoms with Gasteiger partial charge in [-0.15, -0.1) is 0 Å². The number of rotatable bonds is 12. The van der Waals surface area contributed by atoms with Gasteiger partial charge in [-0.1, -0.05) is 19.9 Å². The molecule has 210 valence electrons. The molecule has 0 spiro atoms. The van der Waals surface area contributed by atoms with E-state index in [2.05, 4.69) is 18.7 Å². The maximum absolute atomic E-state index is 11.7. The summed E-state index contributed by atoms with van der Waals surface area (Å²) < 4.78 is 16.5. The first-order valence-electron chi connectivity index (χ1n) is 11.3. The van der Waals surface area contributed by atoms with E-state index >= 15 is 0 Å². The highest BCUT2D eigenvalue weighted by molar-refractivity contribution is 6.27. The van der Waals surface area contributed by atoms with Gasteiger partial charge in [-0.2, -0.15) is 0 Å². The van der Waals surface area contributed by atoms with Crippen molar-refractivity contribution in [1.29, 1.82) is 0 Å². The Bertz CT molecular complexity index is 823. The second kappa shape index (κ2) is 20.3. The monoisotopic (exact) mass is 532 g/mol. The van der Waals surface area contributed by atoms with Gasteiger partial charge < -0.3 is 45.3 Å². The summed E-state index contributed by atoms with van der Waals surface area (Å²) in [5.74, 6) is -6.30. The summed E-state index contributed by atoms with van der Waals surface area (Å²) in [5.41, 5.74) is 6.81. The van der Waals surface area contributed by atoms with Gasteiger partial charge in [0, 0.05) is 6.54 Å². The molecule has 0 aliphatic rings. The highest BCUT2D eigenvalue weighted by Gasteiger charge is 2.16. The summed E-state index contributed by atoms with van der Waals surface area (Å²) in [5, 5.41) is 29.6. The zero-order valence-corrected chi connectivity index (χ0v) is 21.3. The van der Waals surface area contributed by atoms with Crippen LogP contribution in [-0.2, 0) is 35.1 Å². The Hall–Kier alpha value is -3.91. The first-order valence-corrected chi connectivity index (χ1v) is 11.3. The number of carboxylic acids is 4. The second-order valence-corrected chi connectivity index (χ2v) is 6.87. The molecule has 0 amide bonds. The van der Waals surface area contributed by atoms with Crippen molar-refractivity contribution in [3.63, 3.8) is 0 Å². The Balaban J connectivity index is 0. The molecule has 1 rings (SSSR count). The van der Waals surface area contributed by atoms with Gasteiger partial charge >= 0.3 is 29.8 Å². The van der Waals surface area contributed by atoms with Crippen LogP contribution >= 0.6 is 0 Å². The van der Waals surface area contributed by atoms with E-state index in [1.807, 2.05) is 25.1 Å². The van der Waals surface area contributed by atoms with Gasteiger partial charge in [-0.3, -0.25) is 4.79 Å². The molecule has 1 aromatic carbocycles. The lowest BCUT2D eigenvalue weighted by Crippen LogP contribution is -2.34. The Kier molecular flexibility index (Phi) is 19.3. The zero-order chi connectivity index (χ0) is 29.0. The summed E-state index contributed by atoms with van der Waals surface area (Å²) >= 11 is 0. The predicted octanol–water partition coefficient (Wildman–Crippen LogP) is 0.550. The van der Waals surface area contributed by atoms with Crippen LogP contribution in [-0.4, -0.2) is 101 Å². The lowest BCUT2D eigenvalue weighted by atomic mass is 10.1. The Morgan fingerprint density at radius 1 is 0.811 bits per heavy atom. The molecular weight excluding hydrogens is 496 g/mol. The highest BCUT2D eigenvalue weighted by Crippen LogP contribution is 2.29. The maximum atomic E-state index is 11.7. The first-order chi connectivity index (χ1) is 17.3. The minimum atomic E-state index is -1.82. The smallest absolute Gasteiger partial charge is 0.414 e. The summed E-state index contributed by atoms with van der Waals surface area (Å²) in [7, 11) is 0. The van der Waals surface area contributed by atoms with E-state index in [4.69, 9.17) is 59.5 Å². The lowest BCUT2D eigenvalue weighted by molar-refractivity contribution is -0.159. The average molecular weight is 533 g/mol.